The number of rotatable bonds is 4. The van der Waals surface area contributed by atoms with Gasteiger partial charge in [-0.3, -0.25) is 4.79 Å². The molecular formula is C19H17Cl2F3N2O3S. The van der Waals surface area contributed by atoms with E-state index in [0.717, 1.165) is 18.2 Å². The zero-order valence-electron chi connectivity index (χ0n) is 15.4. The van der Waals surface area contributed by atoms with Crippen LogP contribution in [-0.2, 0) is 21.0 Å². The molecule has 30 heavy (non-hydrogen) atoms. The van der Waals surface area contributed by atoms with Crippen molar-refractivity contribution in [2.24, 2.45) is 5.92 Å². The van der Waals surface area contributed by atoms with Gasteiger partial charge >= 0.3 is 6.18 Å². The number of hydrogen-bond donors (Lipinski definition) is 1. The Morgan fingerprint density at radius 3 is 2.40 bits per heavy atom. The Bertz CT molecular complexity index is 1040. The molecule has 1 heterocycles. The van der Waals surface area contributed by atoms with Crippen molar-refractivity contribution in [3.63, 3.8) is 0 Å². The second-order valence-corrected chi connectivity index (χ2v) is 9.62. The zero-order chi connectivity index (χ0) is 22.1. The first-order valence-corrected chi connectivity index (χ1v) is 11.1. The number of hydrogen-bond acceptors (Lipinski definition) is 3. The monoisotopic (exact) mass is 480 g/mol. The van der Waals surface area contributed by atoms with Crippen LogP contribution in [0.1, 0.15) is 18.4 Å². The van der Waals surface area contributed by atoms with Crippen LogP contribution >= 0.6 is 23.2 Å². The molecule has 11 heteroatoms. The van der Waals surface area contributed by atoms with Gasteiger partial charge in [0.1, 0.15) is 0 Å². The number of benzene rings is 2. The van der Waals surface area contributed by atoms with Gasteiger partial charge in [-0.25, -0.2) is 8.42 Å². The molecule has 0 aliphatic carbocycles. The number of amides is 1. The highest BCUT2D eigenvalue weighted by Gasteiger charge is 2.34. The van der Waals surface area contributed by atoms with Gasteiger partial charge in [0.2, 0.25) is 15.9 Å². The van der Waals surface area contributed by atoms with Crippen molar-refractivity contribution in [3.05, 3.63) is 58.1 Å². The van der Waals surface area contributed by atoms with Gasteiger partial charge in [-0.05, 0) is 55.3 Å². The Morgan fingerprint density at radius 2 is 1.77 bits per heavy atom. The van der Waals surface area contributed by atoms with Crippen LogP contribution in [-0.4, -0.2) is 31.7 Å². The van der Waals surface area contributed by atoms with Crippen LogP contribution in [0.25, 0.3) is 0 Å². The van der Waals surface area contributed by atoms with E-state index in [9.17, 15) is 26.4 Å². The normalized spacial score (nSPS) is 18.2. The molecule has 1 fully saturated rings. The number of nitrogens with one attached hydrogen (secondary N) is 1. The van der Waals surface area contributed by atoms with Gasteiger partial charge < -0.3 is 5.32 Å². The van der Waals surface area contributed by atoms with Crippen molar-refractivity contribution in [3.8, 4) is 0 Å². The molecule has 0 radical (unpaired) electrons. The molecular weight excluding hydrogens is 464 g/mol. The van der Waals surface area contributed by atoms with E-state index in [2.05, 4.69) is 5.32 Å². The van der Waals surface area contributed by atoms with Crippen molar-refractivity contribution in [1.29, 1.82) is 0 Å². The van der Waals surface area contributed by atoms with Crippen molar-refractivity contribution < 1.29 is 26.4 Å². The minimum absolute atomic E-state index is 0.0437. The lowest BCUT2D eigenvalue weighted by atomic mass is 9.98. The third-order valence-electron chi connectivity index (χ3n) is 4.76. The summed E-state index contributed by atoms with van der Waals surface area (Å²) in [6.07, 6.45) is -3.76. The van der Waals surface area contributed by atoms with E-state index in [-0.39, 0.29) is 28.7 Å². The van der Waals surface area contributed by atoms with Gasteiger partial charge in [0, 0.05) is 18.1 Å². The summed E-state index contributed by atoms with van der Waals surface area (Å²) in [5.41, 5.74) is -1.12. The Labute approximate surface area is 181 Å². The quantitative estimate of drug-likeness (QED) is 0.665. The summed E-state index contributed by atoms with van der Waals surface area (Å²) in [6.45, 7) is 0.145. The molecule has 1 aliphatic heterocycles. The van der Waals surface area contributed by atoms with Gasteiger partial charge in [-0.2, -0.15) is 17.5 Å². The van der Waals surface area contributed by atoms with Gasteiger partial charge in [0.15, 0.2) is 0 Å². The highest BCUT2D eigenvalue weighted by atomic mass is 35.5. The third kappa shape index (κ3) is 5.08. The Kier molecular flexibility index (Phi) is 6.66. The predicted octanol–water partition coefficient (Wildman–Crippen LogP) is 5.05. The SMILES string of the molecule is O=C(Nc1cc(C(F)(F)F)ccc1Cl)[C@@H]1CCCN(S(=O)(=O)c2ccc(Cl)cc2)C1. The number of nitrogens with zero attached hydrogens (tertiary/aromatic N) is 1. The largest absolute Gasteiger partial charge is 0.416 e. The molecule has 162 valence electrons. The lowest BCUT2D eigenvalue weighted by molar-refractivity contribution is -0.137. The highest BCUT2D eigenvalue weighted by molar-refractivity contribution is 7.89. The first-order chi connectivity index (χ1) is 14.0. The third-order valence-corrected chi connectivity index (χ3v) is 7.22. The number of piperidine rings is 1. The van der Waals surface area contributed by atoms with Crippen LogP contribution in [0.4, 0.5) is 18.9 Å². The summed E-state index contributed by atoms with van der Waals surface area (Å²) in [5.74, 6) is -1.32. The lowest BCUT2D eigenvalue weighted by Crippen LogP contribution is -2.43. The second kappa shape index (κ2) is 8.74. The van der Waals surface area contributed by atoms with Gasteiger partial charge in [-0.15, -0.1) is 0 Å². The number of carbonyl (C=O) groups excluding carboxylic acids is 1. The summed E-state index contributed by atoms with van der Waals surface area (Å²) in [5, 5.41) is 2.75. The molecule has 1 amide bonds. The van der Waals surface area contributed by atoms with Crippen molar-refractivity contribution in [2.75, 3.05) is 18.4 Å². The molecule has 2 aromatic carbocycles. The van der Waals surface area contributed by atoms with Crippen LogP contribution in [0.3, 0.4) is 0 Å². The van der Waals surface area contributed by atoms with E-state index < -0.39 is 33.6 Å². The molecule has 0 unspecified atom stereocenters. The number of halogens is 5. The average Bonchev–Trinajstić information content (AvgIpc) is 2.69. The van der Waals surface area contributed by atoms with E-state index in [4.69, 9.17) is 23.2 Å². The topological polar surface area (TPSA) is 66.5 Å². The maximum atomic E-state index is 12.9. The molecule has 1 N–H and O–H groups in total. The predicted molar refractivity (Wildman–Crippen MR) is 108 cm³/mol. The van der Waals surface area contributed by atoms with Crippen LogP contribution in [0.15, 0.2) is 47.4 Å². The fourth-order valence-electron chi connectivity index (χ4n) is 3.16. The molecule has 0 aromatic heterocycles. The molecule has 0 bridgehead atoms. The highest BCUT2D eigenvalue weighted by Crippen LogP contribution is 2.34. The minimum atomic E-state index is -4.58. The molecule has 0 spiro atoms. The Hall–Kier alpha value is -1.81. The summed E-state index contributed by atoms with van der Waals surface area (Å²) >= 11 is 11.7. The first kappa shape index (κ1) is 22.9. The zero-order valence-corrected chi connectivity index (χ0v) is 17.7. The fraction of sp³-hybridized carbons (Fsp3) is 0.316. The number of alkyl halides is 3. The minimum Gasteiger partial charge on any atom is -0.324 e. The van der Waals surface area contributed by atoms with E-state index >= 15 is 0 Å². The lowest BCUT2D eigenvalue weighted by Gasteiger charge is -2.31. The van der Waals surface area contributed by atoms with Gasteiger partial charge in [0.25, 0.3) is 0 Å². The summed E-state index contributed by atoms with van der Waals surface area (Å²) in [4.78, 5) is 12.7. The molecule has 0 saturated carbocycles. The van der Waals surface area contributed by atoms with E-state index in [1.54, 1.807) is 0 Å². The molecule has 1 aliphatic rings. The maximum Gasteiger partial charge on any atom is 0.416 e. The number of carbonyl (C=O) groups is 1. The Morgan fingerprint density at radius 1 is 1.10 bits per heavy atom. The average molecular weight is 481 g/mol. The van der Waals surface area contributed by atoms with Gasteiger partial charge in [-0.1, -0.05) is 23.2 Å². The summed E-state index contributed by atoms with van der Waals surface area (Å²) in [7, 11) is -3.83. The van der Waals surface area contributed by atoms with Crippen LogP contribution in [0.5, 0.6) is 0 Å². The number of anilines is 1. The van der Waals surface area contributed by atoms with Crippen LogP contribution in [0.2, 0.25) is 10.0 Å². The molecule has 1 saturated heterocycles. The fourth-order valence-corrected chi connectivity index (χ4v) is 4.98. The van der Waals surface area contributed by atoms with Crippen molar-refractivity contribution in [2.45, 2.75) is 23.9 Å². The molecule has 1 atom stereocenters. The first-order valence-electron chi connectivity index (χ1n) is 8.92. The van der Waals surface area contributed by atoms with E-state index in [0.29, 0.717) is 17.9 Å². The summed E-state index contributed by atoms with van der Waals surface area (Å²) in [6, 6.07) is 8.30. The van der Waals surface area contributed by atoms with E-state index in [1.807, 2.05) is 0 Å². The smallest absolute Gasteiger partial charge is 0.324 e. The van der Waals surface area contributed by atoms with Crippen molar-refractivity contribution >= 4 is 44.8 Å². The standard InChI is InChI=1S/C19H17Cl2F3N2O3S/c20-14-4-6-15(7-5-14)30(28,29)26-9-1-2-12(11-26)18(27)25-17-10-13(19(22,23)24)3-8-16(17)21/h3-8,10,12H,1-2,9,11H2,(H,25,27)/t12-/m1/s1. The van der Waals surface area contributed by atoms with E-state index in [1.165, 1.54) is 28.6 Å². The Balaban J connectivity index is 1.76. The van der Waals surface area contributed by atoms with Crippen LogP contribution < -0.4 is 5.32 Å². The maximum absolute atomic E-state index is 12.9. The number of sulfonamides is 1. The molecule has 3 rings (SSSR count). The molecule has 5 nitrogen and oxygen atoms in total. The summed E-state index contributed by atoms with van der Waals surface area (Å²) < 4.78 is 65.6. The molecule has 2 aromatic rings. The van der Waals surface area contributed by atoms with Crippen LogP contribution in [0, 0.1) is 5.92 Å². The second-order valence-electron chi connectivity index (χ2n) is 6.84. The van der Waals surface area contributed by atoms with Crippen molar-refractivity contribution in [1.82, 2.24) is 4.31 Å². The van der Waals surface area contributed by atoms with Gasteiger partial charge in [0.05, 0.1) is 27.1 Å².